The molecule has 0 aliphatic rings. The second-order valence-corrected chi connectivity index (χ2v) is 9.90. The summed E-state index contributed by atoms with van der Waals surface area (Å²) < 4.78 is 53.7. The Morgan fingerprint density at radius 1 is 0.725 bits per heavy atom. The van der Waals surface area contributed by atoms with Crippen LogP contribution >= 0.6 is 0 Å². The van der Waals surface area contributed by atoms with E-state index in [0.29, 0.717) is 17.2 Å². The van der Waals surface area contributed by atoms with Gasteiger partial charge in [0.05, 0.1) is 0 Å². The number of carbonyl (C=O) groups excluding carboxylic acids is 1. The summed E-state index contributed by atoms with van der Waals surface area (Å²) in [5.74, 6) is 0.954. The zero-order valence-corrected chi connectivity index (χ0v) is 22.2. The number of halogens is 3. The van der Waals surface area contributed by atoms with Crippen LogP contribution in [-0.2, 0) is 12.0 Å². The number of para-hydroxylation sites is 2. The molecule has 40 heavy (non-hydrogen) atoms. The number of hydrogen-bond donors (Lipinski definition) is 2. The summed E-state index contributed by atoms with van der Waals surface area (Å²) in [6, 6.07) is 26.6. The molecule has 0 saturated heterocycles. The highest BCUT2D eigenvalue weighted by Crippen LogP contribution is 2.41. The number of benzene rings is 4. The Morgan fingerprint density at radius 3 is 2.02 bits per heavy atom. The number of urea groups is 1. The second-order valence-electron chi connectivity index (χ2n) is 9.90. The lowest BCUT2D eigenvalue weighted by molar-refractivity contribution is -0.274. The number of amides is 2. The topological polar surface area (TPSA) is 68.8 Å². The lowest BCUT2D eigenvalue weighted by Crippen LogP contribution is -2.21. The molecule has 0 fully saturated rings. The standard InChI is InChI=1S/C31H29F3N2O4/c1-30(2,3)24-12-7-8-13-25(24)39-27-15-9-14-26(38-20-21-10-5-4-6-11-21)28(27)36-29(37)35-22-16-18-23(19-17-22)40-31(32,33)34/h4-19H,20H2,1-3H3,(H2,35,36,37). The van der Waals surface area contributed by atoms with Crippen LogP contribution < -0.4 is 24.8 Å². The van der Waals surface area contributed by atoms with E-state index in [2.05, 4.69) is 36.1 Å². The van der Waals surface area contributed by atoms with Crippen molar-refractivity contribution in [2.24, 2.45) is 0 Å². The molecule has 0 heterocycles. The van der Waals surface area contributed by atoms with Gasteiger partial charge in [0.15, 0.2) is 5.75 Å². The molecule has 0 atom stereocenters. The number of hydrogen-bond acceptors (Lipinski definition) is 4. The summed E-state index contributed by atoms with van der Waals surface area (Å²) in [4.78, 5) is 13.0. The van der Waals surface area contributed by atoms with Gasteiger partial charge in [-0.1, -0.05) is 75.4 Å². The van der Waals surface area contributed by atoms with Gasteiger partial charge in [-0.25, -0.2) is 4.79 Å². The van der Waals surface area contributed by atoms with Gasteiger partial charge in [0.1, 0.15) is 29.5 Å². The van der Waals surface area contributed by atoms with Crippen LogP contribution in [0.2, 0.25) is 0 Å². The summed E-state index contributed by atoms with van der Waals surface area (Å²) in [6.45, 7) is 6.48. The molecule has 0 radical (unpaired) electrons. The van der Waals surface area contributed by atoms with E-state index in [1.54, 1.807) is 18.2 Å². The van der Waals surface area contributed by atoms with Crippen molar-refractivity contribution >= 4 is 17.4 Å². The highest BCUT2D eigenvalue weighted by Gasteiger charge is 2.31. The highest BCUT2D eigenvalue weighted by molar-refractivity contribution is 6.01. The van der Waals surface area contributed by atoms with E-state index in [1.165, 1.54) is 12.1 Å². The third-order valence-electron chi connectivity index (χ3n) is 5.72. The van der Waals surface area contributed by atoms with Gasteiger partial charge in [-0.15, -0.1) is 13.2 Å². The van der Waals surface area contributed by atoms with Gasteiger partial charge in [-0.2, -0.15) is 0 Å². The number of carbonyl (C=O) groups is 1. The smallest absolute Gasteiger partial charge is 0.487 e. The molecule has 9 heteroatoms. The Morgan fingerprint density at radius 2 is 1.35 bits per heavy atom. The second kappa shape index (κ2) is 12.0. The Bertz CT molecular complexity index is 1430. The van der Waals surface area contributed by atoms with E-state index in [0.717, 1.165) is 23.3 Å². The van der Waals surface area contributed by atoms with Crippen LogP contribution in [0.3, 0.4) is 0 Å². The molecule has 0 saturated carbocycles. The molecule has 208 valence electrons. The van der Waals surface area contributed by atoms with Crippen molar-refractivity contribution in [3.63, 3.8) is 0 Å². The fourth-order valence-corrected chi connectivity index (χ4v) is 3.88. The van der Waals surface area contributed by atoms with E-state index < -0.39 is 18.1 Å². The van der Waals surface area contributed by atoms with E-state index in [-0.39, 0.29) is 23.4 Å². The molecule has 2 amide bonds. The van der Waals surface area contributed by atoms with Gasteiger partial charge in [0.25, 0.3) is 0 Å². The number of rotatable bonds is 8. The van der Waals surface area contributed by atoms with Crippen LogP contribution in [-0.4, -0.2) is 12.4 Å². The molecule has 2 N–H and O–H groups in total. The molecule has 4 aromatic carbocycles. The van der Waals surface area contributed by atoms with Crippen LogP contribution in [0.5, 0.6) is 23.0 Å². The Hall–Kier alpha value is -4.66. The van der Waals surface area contributed by atoms with E-state index in [4.69, 9.17) is 9.47 Å². The number of nitrogens with one attached hydrogen (secondary N) is 2. The summed E-state index contributed by atoms with van der Waals surface area (Å²) in [5.41, 5.74) is 2.25. The van der Waals surface area contributed by atoms with E-state index in [9.17, 15) is 18.0 Å². The van der Waals surface area contributed by atoms with Crippen LogP contribution in [0, 0.1) is 0 Å². The van der Waals surface area contributed by atoms with Gasteiger partial charge in [0, 0.05) is 11.3 Å². The quantitative estimate of drug-likeness (QED) is 0.230. The van der Waals surface area contributed by atoms with Crippen molar-refractivity contribution in [2.75, 3.05) is 10.6 Å². The molecule has 0 aromatic heterocycles. The first-order valence-corrected chi connectivity index (χ1v) is 12.5. The molecule has 0 spiro atoms. The van der Waals surface area contributed by atoms with Crippen molar-refractivity contribution in [3.05, 3.63) is 108 Å². The largest absolute Gasteiger partial charge is 0.573 e. The summed E-state index contributed by atoms with van der Waals surface area (Å²) >= 11 is 0. The normalized spacial score (nSPS) is 11.4. The predicted octanol–water partition coefficient (Wildman–Crippen LogP) is 8.90. The lowest BCUT2D eigenvalue weighted by atomic mass is 9.86. The summed E-state index contributed by atoms with van der Waals surface area (Å²) in [5, 5.41) is 5.39. The maximum atomic E-state index is 13.0. The first-order chi connectivity index (χ1) is 19.0. The Kier molecular flexibility index (Phi) is 8.52. The van der Waals surface area contributed by atoms with Gasteiger partial charge in [-0.05, 0) is 53.4 Å². The maximum Gasteiger partial charge on any atom is 0.573 e. The van der Waals surface area contributed by atoms with Gasteiger partial charge in [-0.3, -0.25) is 0 Å². The third-order valence-corrected chi connectivity index (χ3v) is 5.72. The minimum absolute atomic E-state index is 0.203. The van der Waals surface area contributed by atoms with Crippen molar-refractivity contribution in [2.45, 2.75) is 39.2 Å². The zero-order chi connectivity index (χ0) is 28.8. The van der Waals surface area contributed by atoms with Crippen molar-refractivity contribution in [3.8, 4) is 23.0 Å². The van der Waals surface area contributed by atoms with Gasteiger partial charge < -0.3 is 24.8 Å². The van der Waals surface area contributed by atoms with E-state index >= 15 is 0 Å². The van der Waals surface area contributed by atoms with Gasteiger partial charge in [0.2, 0.25) is 0 Å². The molecule has 0 bridgehead atoms. The monoisotopic (exact) mass is 550 g/mol. The SMILES string of the molecule is CC(C)(C)c1ccccc1Oc1cccc(OCc2ccccc2)c1NC(=O)Nc1ccc(OC(F)(F)F)cc1. The van der Waals surface area contributed by atoms with E-state index in [1.807, 2.05) is 54.6 Å². The fourth-order valence-electron chi connectivity index (χ4n) is 3.88. The van der Waals surface area contributed by atoms with Crippen LogP contribution in [0.15, 0.2) is 97.1 Å². The molecular weight excluding hydrogens is 521 g/mol. The van der Waals surface area contributed by atoms with Crippen LogP contribution in [0.4, 0.5) is 29.3 Å². The van der Waals surface area contributed by atoms with Crippen LogP contribution in [0.1, 0.15) is 31.9 Å². The van der Waals surface area contributed by atoms with Crippen LogP contribution in [0.25, 0.3) is 0 Å². The predicted molar refractivity (Wildman–Crippen MR) is 148 cm³/mol. The molecule has 6 nitrogen and oxygen atoms in total. The molecular formula is C31H29F3N2O4. The third kappa shape index (κ3) is 7.92. The number of alkyl halides is 3. The number of ether oxygens (including phenoxy) is 3. The summed E-state index contributed by atoms with van der Waals surface area (Å²) in [6.07, 6.45) is -4.81. The molecule has 0 aliphatic carbocycles. The molecule has 0 aliphatic heterocycles. The Labute approximate surface area is 230 Å². The van der Waals surface area contributed by atoms with Crippen molar-refractivity contribution in [1.82, 2.24) is 0 Å². The van der Waals surface area contributed by atoms with Crippen molar-refractivity contribution in [1.29, 1.82) is 0 Å². The first kappa shape index (κ1) is 28.4. The minimum Gasteiger partial charge on any atom is -0.487 e. The highest BCUT2D eigenvalue weighted by atomic mass is 19.4. The van der Waals surface area contributed by atoms with Crippen molar-refractivity contribution < 1.29 is 32.2 Å². The summed E-state index contributed by atoms with van der Waals surface area (Å²) in [7, 11) is 0. The zero-order valence-electron chi connectivity index (χ0n) is 22.2. The first-order valence-electron chi connectivity index (χ1n) is 12.5. The minimum atomic E-state index is -4.81. The molecule has 4 aromatic rings. The fraction of sp³-hybridized carbons (Fsp3) is 0.194. The number of anilines is 2. The Balaban J connectivity index is 1.60. The average Bonchev–Trinajstić information content (AvgIpc) is 2.89. The average molecular weight is 551 g/mol. The maximum absolute atomic E-state index is 13.0. The van der Waals surface area contributed by atoms with Gasteiger partial charge >= 0.3 is 12.4 Å². The molecule has 0 unspecified atom stereocenters. The molecule has 4 rings (SSSR count). The lowest BCUT2D eigenvalue weighted by Gasteiger charge is -2.24.